The number of phenolic OH excluding ortho intramolecular Hbond substituents is 1. The summed E-state index contributed by atoms with van der Waals surface area (Å²) in [5.41, 5.74) is 3.44. The van der Waals surface area contributed by atoms with E-state index < -0.39 is 64.4 Å². The molecule has 0 spiro atoms. The molecule has 192 valence electrons. The molecule has 4 N–H and O–H groups in total. The van der Waals surface area contributed by atoms with Crippen LogP contribution in [0.25, 0.3) is 0 Å². The maximum absolute atomic E-state index is 13.7. The number of phenols is 1. The second kappa shape index (κ2) is 9.55. The van der Waals surface area contributed by atoms with Gasteiger partial charge in [-0.25, -0.2) is 0 Å². The molecule has 0 aromatic heterocycles. The van der Waals surface area contributed by atoms with Gasteiger partial charge in [-0.05, 0) is 57.0 Å². The molecule has 2 unspecified atom stereocenters. The quantitative estimate of drug-likeness (QED) is 0.286. The molecule has 0 heterocycles. The highest BCUT2D eigenvalue weighted by Gasteiger charge is 2.69. The van der Waals surface area contributed by atoms with Crippen molar-refractivity contribution in [2.24, 2.45) is 29.4 Å². The molecule has 0 radical (unpaired) electrons. The zero-order chi connectivity index (χ0) is 27.2. The highest BCUT2D eigenvalue weighted by molar-refractivity contribution is 6.32. The van der Waals surface area contributed by atoms with Gasteiger partial charge < -0.3 is 15.9 Å². The number of carbonyl (C=O) groups excluding carboxylic acids is 5. The number of amides is 1. The van der Waals surface area contributed by atoms with Crippen molar-refractivity contribution >= 4 is 29.0 Å². The molecule has 1 aromatic rings. The van der Waals surface area contributed by atoms with Gasteiger partial charge >= 0.3 is 0 Å². The molecule has 1 aromatic carbocycles. The Balaban J connectivity index is 1.80. The predicted molar refractivity (Wildman–Crippen MR) is 128 cm³/mol. The number of unbranched alkanes of at least 4 members (excludes halogenated alkanes) is 2. The Morgan fingerprint density at radius 3 is 2.51 bits per heavy atom. The first-order chi connectivity index (χ1) is 17.5. The number of nitrogens with two attached hydrogens (primary N) is 1. The van der Waals surface area contributed by atoms with Gasteiger partial charge in [0, 0.05) is 24.3 Å². The second-order valence-corrected chi connectivity index (χ2v) is 10.1. The number of fused-ring (bicyclic) bond motifs is 3. The molecule has 3 aliphatic carbocycles. The third kappa shape index (κ3) is 3.93. The Morgan fingerprint density at radius 1 is 1.19 bits per heavy atom. The normalized spacial score (nSPS) is 30.5. The fraction of sp³-hybridized carbons (Fsp3) is 0.481. The molecule has 1 amide bonds. The number of Topliss-reactive ketones (excluding diaryl/α,β-unsaturated/α-hetero) is 4. The van der Waals surface area contributed by atoms with Crippen LogP contribution in [0.5, 0.6) is 5.75 Å². The molecule has 4 rings (SSSR count). The smallest absolute Gasteiger partial charge is 0.235 e. The topological polar surface area (TPSA) is 179 Å². The Hall–Kier alpha value is -3.86. The average molecular weight is 506 g/mol. The van der Waals surface area contributed by atoms with Crippen LogP contribution in [0.4, 0.5) is 0 Å². The molecule has 10 heteroatoms. The van der Waals surface area contributed by atoms with E-state index in [1.165, 1.54) is 25.1 Å². The summed E-state index contributed by atoms with van der Waals surface area (Å²) >= 11 is 0. The van der Waals surface area contributed by atoms with Crippen LogP contribution in [-0.4, -0.2) is 69.9 Å². The Labute approximate surface area is 213 Å². The van der Waals surface area contributed by atoms with Gasteiger partial charge in [-0.2, -0.15) is 5.26 Å². The van der Waals surface area contributed by atoms with E-state index in [4.69, 9.17) is 11.0 Å². The highest BCUT2D eigenvalue weighted by atomic mass is 16.3. The summed E-state index contributed by atoms with van der Waals surface area (Å²) in [7, 11) is 3.07. The van der Waals surface area contributed by atoms with Crippen molar-refractivity contribution in [3.8, 4) is 23.7 Å². The standard InChI is InChI=1S/C27H27N3O7/c1-30(2)21-16-12-14-11-15-13(7-5-3-4-6-10-28)8-9-17(31)19(15)22(32)18(14)24(34)27(16,37)25(35)20(23(21)33)26(29)36/h8-9,14,16,18,20-21,31,37H,3-4,6,11-12H2,1-2H3,(H2,29,36)/t14-,16-,18?,20?,21-,27-/m1/s1. The number of aromatic hydroxyl groups is 1. The van der Waals surface area contributed by atoms with Crippen molar-refractivity contribution in [3.63, 3.8) is 0 Å². The highest BCUT2D eigenvalue weighted by Crippen LogP contribution is 2.50. The molecular weight excluding hydrogens is 478 g/mol. The average Bonchev–Trinajstić information content (AvgIpc) is 2.82. The van der Waals surface area contributed by atoms with Gasteiger partial charge in [0.05, 0.1) is 23.6 Å². The lowest BCUT2D eigenvalue weighted by Crippen LogP contribution is -2.74. The van der Waals surface area contributed by atoms with E-state index in [1.807, 2.05) is 6.07 Å². The first kappa shape index (κ1) is 26.2. The number of likely N-dealkylation sites (N-methyl/N-ethyl adjacent to an activating group) is 1. The van der Waals surface area contributed by atoms with Gasteiger partial charge in [-0.3, -0.25) is 28.9 Å². The van der Waals surface area contributed by atoms with Crippen molar-refractivity contribution in [1.29, 1.82) is 5.26 Å². The van der Waals surface area contributed by atoms with Crippen molar-refractivity contribution in [3.05, 3.63) is 28.8 Å². The number of primary amides is 1. The zero-order valence-electron chi connectivity index (χ0n) is 20.5. The first-order valence-corrected chi connectivity index (χ1v) is 12.0. The second-order valence-electron chi connectivity index (χ2n) is 10.1. The number of aliphatic hydroxyl groups is 1. The van der Waals surface area contributed by atoms with E-state index in [0.29, 0.717) is 30.4 Å². The lowest BCUT2D eigenvalue weighted by Gasteiger charge is -2.52. The van der Waals surface area contributed by atoms with Crippen molar-refractivity contribution in [1.82, 2.24) is 4.90 Å². The van der Waals surface area contributed by atoms with Crippen LogP contribution < -0.4 is 5.73 Å². The molecular formula is C27H27N3O7. The number of rotatable bonds is 4. The van der Waals surface area contributed by atoms with Gasteiger partial charge in [0.2, 0.25) is 5.91 Å². The van der Waals surface area contributed by atoms with Crippen LogP contribution in [0, 0.1) is 46.8 Å². The molecule has 10 nitrogen and oxygen atoms in total. The number of hydrogen-bond donors (Lipinski definition) is 3. The van der Waals surface area contributed by atoms with Crippen LogP contribution in [0.2, 0.25) is 0 Å². The summed E-state index contributed by atoms with van der Waals surface area (Å²) in [6.45, 7) is 0. The predicted octanol–water partition coefficient (Wildman–Crippen LogP) is -0.0876. The Kier molecular flexibility index (Phi) is 6.76. The third-order valence-corrected chi connectivity index (χ3v) is 7.76. The van der Waals surface area contributed by atoms with E-state index in [9.17, 15) is 34.2 Å². The van der Waals surface area contributed by atoms with Crippen molar-refractivity contribution < 1.29 is 34.2 Å². The number of hydrogen-bond acceptors (Lipinski definition) is 9. The maximum atomic E-state index is 13.7. The van der Waals surface area contributed by atoms with Crippen LogP contribution in [0.15, 0.2) is 12.1 Å². The molecule has 3 aliphatic rings. The molecule has 0 bridgehead atoms. The van der Waals surface area contributed by atoms with Crippen LogP contribution in [0.3, 0.4) is 0 Å². The van der Waals surface area contributed by atoms with E-state index in [-0.39, 0.29) is 24.2 Å². The van der Waals surface area contributed by atoms with Gasteiger partial charge in [0.25, 0.3) is 0 Å². The lowest BCUT2D eigenvalue weighted by molar-refractivity contribution is -0.181. The van der Waals surface area contributed by atoms with E-state index in [0.717, 1.165) is 0 Å². The number of nitrogens with zero attached hydrogens (tertiary/aromatic N) is 2. The molecule has 37 heavy (non-hydrogen) atoms. The van der Waals surface area contributed by atoms with Crippen LogP contribution in [0.1, 0.15) is 47.2 Å². The minimum absolute atomic E-state index is 0.0193. The summed E-state index contributed by atoms with van der Waals surface area (Å²) in [5, 5.41) is 30.8. The molecule has 0 saturated heterocycles. The van der Waals surface area contributed by atoms with E-state index in [2.05, 4.69) is 11.8 Å². The SMILES string of the molecule is CN(C)[C@H]1C(=O)C(C(N)=O)C(=O)[C@]2(O)C(=O)C3C(=O)c4c(O)ccc(C#CCCCC#N)c4C[C@@H]3C[C@H]12. The minimum Gasteiger partial charge on any atom is -0.507 e. The Morgan fingerprint density at radius 2 is 1.89 bits per heavy atom. The summed E-state index contributed by atoms with van der Waals surface area (Å²) in [6, 6.07) is 3.77. The van der Waals surface area contributed by atoms with E-state index >= 15 is 0 Å². The Bertz CT molecular complexity index is 1330. The monoisotopic (exact) mass is 505 g/mol. The van der Waals surface area contributed by atoms with Crippen molar-refractivity contribution in [2.75, 3.05) is 14.1 Å². The summed E-state index contributed by atoms with van der Waals surface area (Å²) in [5.74, 6) is -4.84. The first-order valence-electron chi connectivity index (χ1n) is 12.0. The summed E-state index contributed by atoms with van der Waals surface area (Å²) in [4.78, 5) is 67.2. The minimum atomic E-state index is -2.75. The molecule has 2 fully saturated rings. The third-order valence-electron chi connectivity index (χ3n) is 7.76. The summed E-state index contributed by atoms with van der Waals surface area (Å²) < 4.78 is 0. The lowest BCUT2D eigenvalue weighted by atomic mass is 9.52. The zero-order valence-corrected chi connectivity index (χ0v) is 20.5. The number of carbonyl (C=O) groups is 5. The summed E-state index contributed by atoms with van der Waals surface area (Å²) in [6.07, 6.45) is 1.55. The fourth-order valence-electron chi connectivity index (χ4n) is 6.14. The maximum Gasteiger partial charge on any atom is 0.235 e. The van der Waals surface area contributed by atoms with Gasteiger partial charge in [0.15, 0.2) is 34.7 Å². The molecule has 0 aliphatic heterocycles. The molecule has 2 saturated carbocycles. The largest absolute Gasteiger partial charge is 0.507 e. The number of ketones is 4. The number of nitriles is 1. The number of benzene rings is 1. The van der Waals surface area contributed by atoms with Crippen molar-refractivity contribution in [2.45, 2.75) is 43.7 Å². The van der Waals surface area contributed by atoms with Crippen LogP contribution >= 0.6 is 0 Å². The fourth-order valence-corrected chi connectivity index (χ4v) is 6.14. The molecule has 6 atom stereocenters. The van der Waals surface area contributed by atoms with Crippen LogP contribution in [-0.2, 0) is 25.6 Å². The van der Waals surface area contributed by atoms with E-state index in [1.54, 1.807) is 6.07 Å². The van der Waals surface area contributed by atoms with Gasteiger partial charge in [0.1, 0.15) is 5.75 Å². The van der Waals surface area contributed by atoms with Gasteiger partial charge in [-0.1, -0.05) is 11.8 Å². The van der Waals surface area contributed by atoms with Gasteiger partial charge in [-0.15, -0.1) is 0 Å².